The fourth-order valence-electron chi connectivity index (χ4n) is 4.00. The number of aromatic nitrogens is 3. The zero-order valence-corrected chi connectivity index (χ0v) is 14.9. The first kappa shape index (κ1) is 17.0. The molecule has 2 amide bonds. The van der Waals surface area contributed by atoms with E-state index in [1.54, 1.807) is 28.5 Å². The molecule has 2 saturated heterocycles. The number of sulfone groups is 1. The smallest absolute Gasteiger partial charge is 0.259 e. The summed E-state index contributed by atoms with van der Waals surface area (Å²) in [6, 6.07) is -0.593. The summed E-state index contributed by atoms with van der Waals surface area (Å²) in [6.07, 6.45) is 4.99. The van der Waals surface area contributed by atoms with Crippen LogP contribution in [-0.4, -0.2) is 81.2 Å². The third kappa shape index (κ3) is 2.50. The lowest BCUT2D eigenvalue weighted by Crippen LogP contribution is -2.43. The standard InChI is InChI=1S/C15H19N5O5S/c1-18-2-3-20-14(18)9(4-16-20)15(23)19-5-10-11(17-13(22)7-21)8-26(24,25)12(10)6-19/h2-4,10-12,21H,5-8H2,1H3,(H,17,22)/t10-,11+,12-/m0/s1. The molecular weight excluding hydrogens is 362 g/mol. The molecule has 0 saturated carbocycles. The third-order valence-corrected chi connectivity index (χ3v) is 7.49. The number of imidazole rings is 1. The maximum atomic E-state index is 12.9. The van der Waals surface area contributed by atoms with E-state index in [2.05, 4.69) is 10.4 Å². The van der Waals surface area contributed by atoms with E-state index < -0.39 is 33.6 Å². The van der Waals surface area contributed by atoms with Crippen LogP contribution in [0.15, 0.2) is 18.6 Å². The lowest BCUT2D eigenvalue weighted by atomic mass is 10.0. The van der Waals surface area contributed by atoms with Crippen LogP contribution in [0.5, 0.6) is 0 Å². The van der Waals surface area contributed by atoms with Gasteiger partial charge in [0.25, 0.3) is 5.91 Å². The van der Waals surface area contributed by atoms with Crippen molar-refractivity contribution in [2.24, 2.45) is 13.0 Å². The topological polar surface area (TPSA) is 126 Å². The van der Waals surface area contributed by atoms with Crippen molar-refractivity contribution < 1.29 is 23.1 Å². The highest BCUT2D eigenvalue weighted by atomic mass is 32.2. The number of hydrogen-bond donors (Lipinski definition) is 2. The molecule has 26 heavy (non-hydrogen) atoms. The zero-order chi connectivity index (χ0) is 18.6. The first-order valence-electron chi connectivity index (χ1n) is 8.21. The van der Waals surface area contributed by atoms with Crippen molar-refractivity contribution in [3.8, 4) is 0 Å². The van der Waals surface area contributed by atoms with Crippen LogP contribution in [-0.2, 0) is 21.7 Å². The molecule has 2 aromatic heterocycles. The molecule has 2 fully saturated rings. The third-order valence-electron chi connectivity index (χ3n) is 5.24. The van der Waals surface area contributed by atoms with Gasteiger partial charge in [0.05, 0.1) is 17.2 Å². The van der Waals surface area contributed by atoms with E-state index in [1.165, 1.54) is 11.1 Å². The van der Waals surface area contributed by atoms with Crippen LogP contribution in [0, 0.1) is 5.92 Å². The summed E-state index contributed by atoms with van der Waals surface area (Å²) in [5.41, 5.74) is 1.05. The molecule has 0 bridgehead atoms. The summed E-state index contributed by atoms with van der Waals surface area (Å²) >= 11 is 0. The van der Waals surface area contributed by atoms with Crippen molar-refractivity contribution in [3.05, 3.63) is 24.2 Å². The summed E-state index contributed by atoms with van der Waals surface area (Å²) in [4.78, 5) is 25.9. The molecule has 140 valence electrons. The van der Waals surface area contributed by atoms with Gasteiger partial charge in [0.1, 0.15) is 17.8 Å². The van der Waals surface area contributed by atoms with Gasteiger partial charge in [0.15, 0.2) is 9.84 Å². The Labute approximate surface area is 149 Å². The van der Waals surface area contributed by atoms with Crippen LogP contribution in [0.2, 0.25) is 0 Å². The number of aliphatic hydroxyl groups is 1. The number of carbonyl (C=O) groups excluding carboxylic acids is 2. The molecule has 0 radical (unpaired) electrons. The Morgan fingerprint density at radius 2 is 2.12 bits per heavy atom. The summed E-state index contributed by atoms with van der Waals surface area (Å²) in [7, 11) is -1.62. The fourth-order valence-corrected chi connectivity index (χ4v) is 6.29. The summed E-state index contributed by atoms with van der Waals surface area (Å²) in [6.45, 7) is -0.363. The van der Waals surface area contributed by atoms with Crippen molar-refractivity contribution in [3.63, 3.8) is 0 Å². The summed E-state index contributed by atoms with van der Waals surface area (Å²) < 4.78 is 28.2. The van der Waals surface area contributed by atoms with Gasteiger partial charge in [-0.15, -0.1) is 0 Å². The molecule has 2 aliphatic rings. The molecule has 4 rings (SSSR count). The highest BCUT2D eigenvalue weighted by molar-refractivity contribution is 7.92. The fraction of sp³-hybridized carbons (Fsp3) is 0.533. The van der Waals surface area contributed by atoms with Gasteiger partial charge < -0.3 is 19.9 Å². The Hall–Kier alpha value is -2.40. The van der Waals surface area contributed by atoms with Gasteiger partial charge in [-0.25, -0.2) is 12.9 Å². The molecule has 0 unspecified atom stereocenters. The van der Waals surface area contributed by atoms with Crippen molar-refractivity contribution in [1.82, 2.24) is 24.4 Å². The van der Waals surface area contributed by atoms with E-state index >= 15 is 0 Å². The van der Waals surface area contributed by atoms with E-state index in [0.717, 1.165) is 0 Å². The number of likely N-dealkylation sites (tertiary alicyclic amines) is 1. The van der Waals surface area contributed by atoms with Crippen LogP contribution in [0.1, 0.15) is 10.4 Å². The number of nitrogens with one attached hydrogen (secondary N) is 1. The number of rotatable bonds is 3. The maximum Gasteiger partial charge on any atom is 0.259 e. The largest absolute Gasteiger partial charge is 0.387 e. The van der Waals surface area contributed by atoms with Crippen molar-refractivity contribution >= 4 is 27.3 Å². The van der Waals surface area contributed by atoms with Gasteiger partial charge in [0, 0.05) is 44.5 Å². The molecule has 2 aliphatic heterocycles. The van der Waals surface area contributed by atoms with Gasteiger partial charge in [-0.2, -0.15) is 5.10 Å². The minimum absolute atomic E-state index is 0.0963. The van der Waals surface area contributed by atoms with Gasteiger partial charge in [-0.05, 0) is 0 Å². The number of hydrogen-bond acceptors (Lipinski definition) is 6. The van der Waals surface area contributed by atoms with Crippen LogP contribution in [0.4, 0.5) is 0 Å². The molecule has 4 heterocycles. The van der Waals surface area contributed by atoms with E-state index in [0.29, 0.717) is 11.2 Å². The molecule has 0 aliphatic carbocycles. The number of carbonyl (C=O) groups is 2. The second-order valence-corrected chi connectivity index (χ2v) is 9.07. The van der Waals surface area contributed by atoms with E-state index in [1.807, 2.05) is 0 Å². The second kappa shape index (κ2) is 5.81. The average Bonchev–Trinajstić information content (AvgIpc) is 3.32. The Morgan fingerprint density at radius 3 is 2.85 bits per heavy atom. The molecule has 0 spiro atoms. The second-order valence-electron chi connectivity index (χ2n) is 6.81. The van der Waals surface area contributed by atoms with Gasteiger partial charge in [-0.1, -0.05) is 0 Å². The van der Waals surface area contributed by atoms with Crippen molar-refractivity contribution in [2.45, 2.75) is 11.3 Å². The van der Waals surface area contributed by atoms with Crippen LogP contribution < -0.4 is 5.32 Å². The first-order chi connectivity index (χ1) is 12.3. The Morgan fingerprint density at radius 1 is 1.35 bits per heavy atom. The van der Waals surface area contributed by atoms with Gasteiger partial charge in [0.2, 0.25) is 5.91 Å². The van der Waals surface area contributed by atoms with E-state index in [-0.39, 0.29) is 30.7 Å². The van der Waals surface area contributed by atoms with E-state index in [4.69, 9.17) is 5.11 Å². The Balaban J connectivity index is 1.60. The molecule has 2 N–H and O–H groups in total. The molecule has 2 aromatic rings. The molecule has 0 aromatic carbocycles. The van der Waals surface area contributed by atoms with Crippen LogP contribution in [0.25, 0.3) is 5.65 Å². The Bertz CT molecular complexity index is 993. The van der Waals surface area contributed by atoms with Crippen LogP contribution in [0.3, 0.4) is 0 Å². The lowest BCUT2D eigenvalue weighted by Gasteiger charge is -2.20. The normalized spacial score (nSPS) is 27.0. The van der Waals surface area contributed by atoms with Gasteiger partial charge >= 0.3 is 0 Å². The quantitative estimate of drug-likeness (QED) is 0.635. The van der Waals surface area contributed by atoms with Gasteiger partial charge in [-0.3, -0.25) is 9.59 Å². The monoisotopic (exact) mass is 381 g/mol. The zero-order valence-electron chi connectivity index (χ0n) is 14.1. The number of nitrogens with zero attached hydrogens (tertiary/aromatic N) is 4. The highest BCUT2D eigenvalue weighted by Gasteiger charge is 2.53. The average molecular weight is 381 g/mol. The summed E-state index contributed by atoms with van der Waals surface area (Å²) in [5, 5.41) is 14.9. The van der Waals surface area contributed by atoms with Crippen molar-refractivity contribution in [1.29, 1.82) is 0 Å². The Kier molecular flexibility index (Phi) is 3.81. The van der Waals surface area contributed by atoms with Crippen LogP contribution >= 0.6 is 0 Å². The molecule has 3 atom stereocenters. The molecule has 11 heteroatoms. The first-order valence-corrected chi connectivity index (χ1v) is 9.93. The molecule has 10 nitrogen and oxygen atoms in total. The number of aryl methyl sites for hydroxylation is 1. The summed E-state index contributed by atoms with van der Waals surface area (Å²) in [5.74, 6) is -1.43. The predicted octanol–water partition coefficient (Wildman–Crippen LogP) is -1.98. The number of amides is 2. The SMILES string of the molecule is Cn1ccn2ncc(C(=O)N3C[C@H]4[C@H](NC(=O)CO)CS(=O)(=O)[C@H]4C3)c12. The maximum absolute atomic E-state index is 12.9. The molecular formula is C15H19N5O5S. The minimum atomic E-state index is -3.42. The van der Waals surface area contributed by atoms with Crippen molar-refractivity contribution in [2.75, 3.05) is 25.4 Å². The predicted molar refractivity (Wildman–Crippen MR) is 90.1 cm³/mol. The van der Waals surface area contributed by atoms with E-state index in [9.17, 15) is 18.0 Å². The lowest BCUT2D eigenvalue weighted by molar-refractivity contribution is -0.124. The number of fused-ring (bicyclic) bond motifs is 2. The number of aliphatic hydroxyl groups excluding tert-OH is 1. The minimum Gasteiger partial charge on any atom is -0.387 e. The highest BCUT2D eigenvalue weighted by Crippen LogP contribution is 2.35.